The second-order valence-corrected chi connectivity index (χ2v) is 7.87. The number of fused-ring (bicyclic) bond motifs is 8. The monoisotopic (exact) mass is 456 g/mol. The highest BCUT2D eigenvalue weighted by Crippen LogP contribution is 2.50. The Morgan fingerprint density at radius 3 is 2.44 bits per heavy atom. The minimum Gasteiger partial charge on any atom is -0.493 e. The molecular formula is C25H17FN4O4. The zero-order valence-corrected chi connectivity index (χ0v) is 18.2. The SMILES string of the molecule is COc1ccc2c(c1OC)C(=O)N1c3ccccc3-c3nc(=O)c(-c4ccc(F)cc4)nn3[C@H]21. The number of anilines is 1. The van der Waals surface area contributed by atoms with Gasteiger partial charge in [-0.25, -0.2) is 9.07 Å². The third-order valence-electron chi connectivity index (χ3n) is 6.12. The summed E-state index contributed by atoms with van der Waals surface area (Å²) in [6, 6.07) is 16.2. The molecule has 0 saturated carbocycles. The van der Waals surface area contributed by atoms with Gasteiger partial charge in [-0.05, 0) is 42.5 Å². The molecule has 0 spiro atoms. The number of carbonyl (C=O) groups is 1. The highest BCUT2D eigenvalue weighted by Gasteiger charge is 2.47. The fraction of sp³-hybridized carbons (Fsp3) is 0.120. The number of halogens is 1. The van der Waals surface area contributed by atoms with Crippen LogP contribution in [-0.4, -0.2) is 34.9 Å². The summed E-state index contributed by atoms with van der Waals surface area (Å²) in [5.74, 6) is 0.388. The molecule has 9 heteroatoms. The van der Waals surface area contributed by atoms with Crippen molar-refractivity contribution in [2.75, 3.05) is 19.1 Å². The second-order valence-electron chi connectivity index (χ2n) is 7.87. The van der Waals surface area contributed by atoms with Crippen molar-refractivity contribution < 1.29 is 18.7 Å². The molecule has 3 aromatic carbocycles. The summed E-state index contributed by atoms with van der Waals surface area (Å²) >= 11 is 0. The third-order valence-corrected chi connectivity index (χ3v) is 6.12. The predicted molar refractivity (Wildman–Crippen MR) is 122 cm³/mol. The summed E-state index contributed by atoms with van der Waals surface area (Å²) in [4.78, 5) is 32.7. The van der Waals surface area contributed by atoms with Gasteiger partial charge in [0.05, 0.1) is 25.5 Å². The molecule has 2 aliphatic heterocycles. The normalized spacial score (nSPS) is 15.3. The number of hydrogen-bond acceptors (Lipinski definition) is 6. The molecule has 1 aromatic heterocycles. The van der Waals surface area contributed by atoms with E-state index in [0.717, 1.165) is 0 Å². The molecule has 1 amide bonds. The van der Waals surface area contributed by atoms with E-state index >= 15 is 0 Å². The fourth-order valence-corrected chi connectivity index (χ4v) is 4.64. The van der Waals surface area contributed by atoms with Crippen molar-refractivity contribution in [1.29, 1.82) is 0 Å². The zero-order valence-electron chi connectivity index (χ0n) is 18.2. The Balaban J connectivity index is 1.67. The Hall–Kier alpha value is -4.53. The predicted octanol–water partition coefficient (Wildman–Crippen LogP) is 3.65. The van der Waals surface area contributed by atoms with Crippen molar-refractivity contribution in [2.45, 2.75) is 6.17 Å². The molecule has 168 valence electrons. The Morgan fingerprint density at radius 1 is 0.941 bits per heavy atom. The summed E-state index contributed by atoms with van der Waals surface area (Å²) in [6.07, 6.45) is -0.695. The van der Waals surface area contributed by atoms with Crippen molar-refractivity contribution in [3.8, 4) is 34.1 Å². The van der Waals surface area contributed by atoms with Crippen LogP contribution in [0.4, 0.5) is 10.1 Å². The summed E-state index contributed by atoms with van der Waals surface area (Å²) in [5, 5.41) is 4.64. The molecule has 0 fully saturated rings. The van der Waals surface area contributed by atoms with Crippen molar-refractivity contribution in [3.05, 3.63) is 88.0 Å². The van der Waals surface area contributed by atoms with Gasteiger partial charge in [0, 0.05) is 16.7 Å². The summed E-state index contributed by atoms with van der Waals surface area (Å²) in [5.41, 5.74) is 2.15. The van der Waals surface area contributed by atoms with E-state index in [1.165, 1.54) is 38.5 Å². The van der Waals surface area contributed by atoms with Crippen molar-refractivity contribution in [3.63, 3.8) is 0 Å². The molecule has 0 unspecified atom stereocenters. The molecule has 0 bridgehead atoms. The van der Waals surface area contributed by atoms with Crippen LogP contribution < -0.4 is 19.9 Å². The first kappa shape index (κ1) is 20.1. The second kappa shape index (κ2) is 7.24. The quantitative estimate of drug-likeness (QED) is 0.468. The zero-order chi connectivity index (χ0) is 23.6. The molecule has 4 aromatic rings. The van der Waals surface area contributed by atoms with Gasteiger partial charge in [-0.15, -0.1) is 0 Å². The van der Waals surface area contributed by atoms with E-state index in [1.807, 2.05) is 6.07 Å². The maximum Gasteiger partial charge on any atom is 0.300 e. The van der Waals surface area contributed by atoms with Gasteiger partial charge in [-0.1, -0.05) is 18.2 Å². The fourth-order valence-electron chi connectivity index (χ4n) is 4.64. The number of aromatic nitrogens is 3. The summed E-state index contributed by atoms with van der Waals surface area (Å²) < 4.78 is 26.0. The Kier molecular flexibility index (Phi) is 4.28. The maximum atomic E-state index is 13.7. The van der Waals surface area contributed by atoms with Gasteiger partial charge < -0.3 is 9.47 Å². The van der Waals surface area contributed by atoms with E-state index in [1.54, 1.807) is 39.9 Å². The smallest absolute Gasteiger partial charge is 0.300 e. The van der Waals surface area contributed by atoms with Crippen LogP contribution in [0, 0.1) is 5.82 Å². The summed E-state index contributed by atoms with van der Waals surface area (Å²) in [7, 11) is 2.99. The lowest BCUT2D eigenvalue weighted by molar-refractivity contribution is 0.0983. The molecule has 6 rings (SSSR count). The van der Waals surface area contributed by atoms with Crippen molar-refractivity contribution >= 4 is 11.6 Å². The molecule has 0 saturated heterocycles. The van der Waals surface area contributed by atoms with Crippen molar-refractivity contribution in [1.82, 2.24) is 14.8 Å². The van der Waals surface area contributed by atoms with E-state index in [4.69, 9.17) is 9.47 Å². The van der Waals surface area contributed by atoms with Crippen LogP contribution in [0.3, 0.4) is 0 Å². The number of carbonyl (C=O) groups excluding carboxylic acids is 1. The maximum absolute atomic E-state index is 13.7. The number of rotatable bonds is 3. The van der Waals surface area contributed by atoms with Crippen molar-refractivity contribution in [2.24, 2.45) is 0 Å². The Morgan fingerprint density at radius 2 is 1.71 bits per heavy atom. The molecule has 8 nitrogen and oxygen atoms in total. The van der Waals surface area contributed by atoms with Crippen LogP contribution in [0.25, 0.3) is 22.6 Å². The average Bonchev–Trinajstić information content (AvgIpc) is 3.16. The number of methoxy groups -OCH3 is 2. The molecule has 0 N–H and O–H groups in total. The number of nitrogens with zero attached hydrogens (tertiary/aromatic N) is 4. The lowest BCUT2D eigenvalue weighted by Crippen LogP contribution is -2.39. The Labute approximate surface area is 192 Å². The first-order valence-corrected chi connectivity index (χ1v) is 10.5. The molecule has 34 heavy (non-hydrogen) atoms. The first-order valence-electron chi connectivity index (χ1n) is 10.5. The standard InChI is InChI=1S/C25H17FN4O4/c1-33-18-12-11-16-19(21(18)34-2)25(32)29-17-6-4-3-5-15(17)22-27-23(31)20(28-30(22)24(16)29)13-7-9-14(26)10-8-13/h3-12,24H,1-2H3/t24-/m1/s1. The van der Waals surface area contributed by atoms with Crippen LogP contribution in [0.2, 0.25) is 0 Å². The molecule has 0 aliphatic carbocycles. The molecule has 3 heterocycles. The molecule has 2 aliphatic rings. The van der Waals surface area contributed by atoms with Crippen LogP contribution in [0.1, 0.15) is 22.1 Å². The van der Waals surface area contributed by atoms with Gasteiger partial charge >= 0.3 is 0 Å². The van der Waals surface area contributed by atoms with Gasteiger partial charge in [0.2, 0.25) is 0 Å². The Bertz CT molecular complexity index is 1550. The molecule has 1 atom stereocenters. The largest absolute Gasteiger partial charge is 0.493 e. The number of ether oxygens (including phenoxy) is 2. The van der Waals surface area contributed by atoms with Crippen LogP contribution >= 0.6 is 0 Å². The first-order chi connectivity index (χ1) is 16.5. The van der Waals surface area contributed by atoms with Gasteiger partial charge in [-0.2, -0.15) is 10.1 Å². The minimum atomic E-state index is -0.695. The van der Waals surface area contributed by atoms with Crippen LogP contribution in [-0.2, 0) is 0 Å². The number of benzene rings is 3. The lowest BCUT2D eigenvalue weighted by Gasteiger charge is -2.34. The number of hydrogen-bond donors (Lipinski definition) is 0. The minimum absolute atomic E-state index is 0.0597. The average molecular weight is 456 g/mol. The van der Waals surface area contributed by atoms with Gasteiger partial charge in [0.15, 0.2) is 29.2 Å². The lowest BCUT2D eigenvalue weighted by atomic mass is 10.0. The highest BCUT2D eigenvalue weighted by atomic mass is 19.1. The van der Waals surface area contributed by atoms with Gasteiger partial charge in [-0.3, -0.25) is 14.5 Å². The van der Waals surface area contributed by atoms with E-state index in [2.05, 4.69) is 10.1 Å². The topological polar surface area (TPSA) is 86.6 Å². The third kappa shape index (κ3) is 2.63. The van der Waals surface area contributed by atoms with E-state index in [-0.39, 0.29) is 11.6 Å². The van der Waals surface area contributed by atoms with E-state index < -0.39 is 17.5 Å². The number of amides is 1. The van der Waals surface area contributed by atoms with E-state index in [0.29, 0.717) is 45.3 Å². The van der Waals surface area contributed by atoms with Gasteiger partial charge in [0.25, 0.3) is 11.5 Å². The summed E-state index contributed by atoms with van der Waals surface area (Å²) in [6.45, 7) is 0. The highest BCUT2D eigenvalue weighted by molar-refractivity contribution is 6.15. The van der Waals surface area contributed by atoms with Crippen LogP contribution in [0.5, 0.6) is 11.5 Å². The molecule has 0 radical (unpaired) electrons. The van der Waals surface area contributed by atoms with Crippen LogP contribution in [0.15, 0.2) is 65.5 Å². The molecular weight excluding hydrogens is 439 g/mol. The van der Waals surface area contributed by atoms with Gasteiger partial charge in [0.1, 0.15) is 5.82 Å². The number of para-hydroxylation sites is 1. The van der Waals surface area contributed by atoms with E-state index in [9.17, 15) is 14.0 Å².